The molecular formula is C20H25N3O4S. The Morgan fingerprint density at radius 3 is 2.11 bits per heavy atom. The molecule has 0 aromatic heterocycles. The van der Waals surface area contributed by atoms with E-state index in [-0.39, 0.29) is 16.7 Å². The maximum Gasteiger partial charge on any atom is 0.261 e. The van der Waals surface area contributed by atoms with Crippen LogP contribution in [0.2, 0.25) is 0 Å². The fourth-order valence-electron chi connectivity index (χ4n) is 2.62. The Bertz CT molecular complexity index is 910. The van der Waals surface area contributed by atoms with E-state index in [4.69, 9.17) is 0 Å². The molecule has 0 aliphatic carbocycles. The monoisotopic (exact) mass is 403 g/mol. The summed E-state index contributed by atoms with van der Waals surface area (Å²) in [6, 6.07) is 13.4. The van der Waals surface area contributed by atoms with E-state index in [0.29, 0.717) is 17.7 Å². The van der Waals surface area contributed by atoms with E-state index in [1.54, 1.807) is 18.2 Å². The van der Waals surface area contributed by atoms with E-state index in [1.807, 2.05) is 13.8 Å². The van der Waals surface area contributed by atoms with Crippen LogP contribution in [0, 0.1) is 5.92 Å². The molecule has 0 heterocycles. The van der Waals surface area contributed by atoms with Crippen molar-refractivity contribution in [2.24, 2.45) is 5.92 Å². The van der Waals surface area contributed by atoms with Gasteiger partial charge in [0.15, 0.2) is 0 Å². The number of rotatable bonds is 8. The second-order valence-electron chi connectivity index (χ2n) is 6.77. The molecule has 0 saturated carbocycles. The number of carbonyl (C=O) groups excluding carboxylic acids is 2. The topological polar surface area (TPSA) is 104 Å². The first-order valence-corrected chi connectivity index (χ1v) is 10.4. The highest BCUT2D eigenvalue weighted by Crippen LogP contribution is 2.16. The smallest absolute Gasteiger partial charge is 0.261 e. The van der Waals surface area contributed by atoms with Gasteiger partial charge in [-0.3, -0.25) is 14.3 Å². The van der Waals surface area contributed by atoms with Crippen molar-refractivity contribution in [1.82, 2.24) is 10.6 Å². The highest BCUT2D eigenvalue weighted by atomic mass is 32.2. The van der Waals surface area contributed by atoms with Gasteiger partial charge in [0.2, 0.25) is 5.91 Å². The first-order valence-electron chi connectivity index (χ1n) is 8.93. The van der Waals surface area contributed by atoms with Gasteiger partial charge in [0, 0.05) is 18.3 Å². The third kappa shape index (κ3) is 5.82. The summed E-state index contributed by atoms with van der Waals surface area (Å²) in [6.45, 7) is 3.94. The molecule has 8 heteroatoms. The minimum absolute atomic E-state index is 0.152. The van der Waals surface area contributed by atoms with Crippen LogP contribution in [0.15, 0.2) is 59.5 Å². The fourth-order valence-corrected chi connectivity index (χ4v) is 3.70. The molecule has 28 heavy (non-hydrogen) atoms. The Balaban J connectivity index is 2.09. The van der Waals surface area contributed by atoms with Gasteiger partial charge in [0.1, 0.15) is 6.04 Å². The van der Waals surface area contributed by atoms with E-state index in [1.165, 1.54) is 43.4 Å². The molecule has 0 spiro atoms. The summed E-state index contributed by atoms with van der Waals surface area (Å²) in [5, 5.41) is 5.27. The third-order valence-electron chi connectivity index (χ3n) is 4.03. The molecule has 3 N–H and O–H groups in total. The second kappa shape index (κ2) is 9.36. The molecule has 2 rings (SSSR count). The van der Waals surface area contributed by atoms with Gasteiger partial charge in [0.25, 0.3) is 15.9 Å². The van der Waals surface area contributed by atoms with Crippen molar-refractivity contribution >= 4 is 27.5 Å². The van der Waals surface area contributed by atoms with E-state index in [2.05, 4.69) is 15.4 Å². The Morgan fingerprint density at radius 1 is 0.964 bits per heavy atom. The third-order valence-corrected chi connectivity index (χ3v) is 5.43. The predicted octanol–water partition coefficient (Wildman–Crippen LogP) is 2.38. The lowest BCUT2D eigenvalue weighted by Crippen LogP contribution is -2.46. The van der Waals surface area contributed by atoms with E-state index < -0.39 is 22.0 Å². The number of benzene rings is 2. The first kappa shape index (κ1) is 21.4. The molecule has 7 nitrogen and oxygen atoms in total. The lowest BCUT2D eigenvalue weighted by atomic mass is 10.0. The van der Waals surface area contributed by atoms with Gasteiger partial charge in [-0.15, -0.1) is 0 Å². The summed E-state index contributed by atoms with van der Waals surface area (Å²) in [4.78, 5) is 24.6. The lowest BCUT2D eigenvalue weighted by molar-refractivity contribution is -0.122. The number of hydrogen-bond acceptors (Lipinski definition) is 4. The quantitative estimate of drug-likeness (QED) is 0.629. The molecule has 0 aliphatic heterocycles. The summed E-state index contributed by atoms with van der Waals surface area (Å²) in [6.07, 6.45) is 0.514. The van der Waals surface area contributed by atoms with Crippen LogP contribution >= 0.6 is 0 Å². The van der Waals surface area contributed by atoms with Crippen molar-refractivity contribution in [3.8, 4) is 0 Å². The zero-order valence-electron chi connectivity index (χ0n) is 16.1. The molecule has 0 saturated heterocycles. The van der Waals surface area contributed by atoms with Crippen molar-refractivity contribution in [2.45, 2.75) is 31.2 Å². The van der Waals surface area contributed by atoms with E-state index in [9.17, 15) is 18.0 Å². The van der Waals surface area contributed by atoms with Crippen LogP contribution in [0.25, 0.3) is 0 Å². The largest absolute Gasteiger partial charge is 0.357 e. The fraction of sp³-hybridized carbons (Fsp3) is 0.300. The molecular weight excluding hydrogens is 378 g/mol. The molecule has 0 radical (unpaired) electrons. The van der Waals surface area contributed by atoms with E-state index in [0.717, 1.165) is 0 Å². The highest BCUT2D eigenvalue weighted by Gasteiger charge is 2.21. The van der Waals surface area contributed by atoms with Gasteiger partial charge < -0.3 is 10.6 Å². The number of hydrogen-bond donors (Lipinski definition) is 3. The minimum atomic E-state index is -3.70. The van der Waals surface area contributed by atoms with Gasteiger partial charge in [-0.2, -0.15) is 0 Å². The predicted molar refractivity (Wildman–Crippen MR) is 108 cm³/mol. The van der Waals surface area contributed by atoms with Crippen LogP contribution in [-0.4, -0.2) is 33.3 Å². The van der Waals surface area contributed by atoms with Crippen molar-refractivity contribution in [2.75, 3.05) is 11.8 Å². The molecule has 1 unspecified atom stereocenters. The number of nitrogens with one attached hydrogen (secondary N) is 3. The van der Waals surface area contributed by atoms with Crippen LogP contribution in [-0.2, 0) is 14.8 Å². The maximum absolute atomic E-state index is 12.4. The summed E-state index contributed by atoms with van der Waals surface area (Å²) < 4.78 is 27.2. The zero-order valence-corrected chi connectivity index (χ0v) is 16.9. The lowest BCUT2D eigenvalue weighted by Gasteiger charge is -2.19. The van der Waals surface area contributed by atoms with Crippen LogP contribution in [0.4, 0.5) is 5.69 Å². The molecule has 2 aromatic rings. The van der Waals surface area contributed by atoms with Crippen molar-refractivity contribution in [3.05, 3.63) is 60.2 Å². The van der Waals surface area contributed by atoms with Crippen LogP contribution in [0.3, 0.4) is 0 Å². The zero-order chi connectivity index (χ0) is 20.7. The Labute approximate surface area is 165 Å². The first-order chi connectivity index (χ1) is 13.2. The number of likely N-dealkylation sites (N-methyl/N-ethyl adjacent to an activating group) is 1. The van der Waals surface area contributed by atoms with Crippen molar-refractivity contribution in [3.63, 3.8) is 0 Å². The average Bonchev–Trinajstić information content (AvgIpc) is 2.67. The Kier molecular flexibility index (Phi) is 7.17. The standard InChI is InChI=1S/C20H25N3O4S/c1-14(2)13-18(20(25)21-3)22-19(24)15-9-11-16(12-10-15)23-28(26,27)17-7-5-4-6-8-17/h4-12,14,18,23H,13H2,1-3H3,(H,21,25)(H,22,24). The van der Waals surface area contributed by atoms with Crippen molar-refractivity contribution < 1.29 is 18.0 Å². The number of sulfonamides is 1. The number of carbonyl (C=O) groups is 2. The van der Waals surface area contributed by atoms with Crippen LogP contribution < -0.4 is 15.4 Å². The average molecular weight is 404 g/mol. The summed E-state index contributed by atoms with van der Waals surface area (Å²) in [7, 11) is -2.17. The maximum atomic E-state index is 12.4. The van der Waals surface area contributed by atoms with Crippen LogP contribution in [0.1, 0.15) is 30.6 Å². The number of amides is 2. The van der Waals surface area contributed by atoms with Gasteiger partial charge >= 0.3 is 0 Å². The molecule has 2 aromatic carbocycles. The Hall–Kier alpha value is -2.87. The molecule has 1 atom stereocenters. The summed E-state index contributed by atoms with van der Waals surface area (Å²) in [5.74, 6) is -0.418. The molecule has 0 bridgehead atoms. The normalized spacial score (nSPS) is 12.3. The van der Waals surface area contributed by atoms with Gasteiger partial charge in [-0.25, -0.2) is 8.42 Å². The SMILES string of the molecule is CNC(=O)C(CC(C)C)NC(=O)c1ccc(NS(=O)(=O)c2ccccc2)cc1. The Morgan fingerprint density at radius 2 is 1.57 bits per heavy atom. The number of anilines is 1. The van der Waals surface area contributed by atoms with Gasteiger partial charge in [-0.05, 0) is 48.7 Å². The minimum Gasteiger partial charge on any atom is -0.357 e. The van der Waals surface area contributed by atoms with Gasteiger partial charge in [0.05, 0.1) is 4.90 Å². The van der Waals surface area contributed by atoms with Gasteiger partial charge in [-0.1, -0.05) is 32.0 Å². The summed E-state index contributed by atoms with van der Waals surface area (Å²) >= 11 is 0. The molecule has 150 valence electrons. The van der Waals surface area contributed by atoms with Crippen LogP contribution in [0.5, 0.6) is 0 Å². The summed E-state index contributed by atoms with van der Waals surface area (Å²) in [5.41, 5.74) is 0.672. The van der Waals surface area contributed by atoms with E-state index >= 15 is 0 Å². The molecule has 2 amide bonds. The molecule has 0 aliphatic rings. The second-order valence-corrected chi connectivity index (χ2v) is 8.45. The van der Waals surface area contributed by atoms with Crippen molar-refractivity contribution in [1.29, 1.82) is 0 Å². The highest BCUT2D eigenvalue weighted by molar-refractivity contribution is 7.92. The molecule has 0 fully saturated rings.